The molecule has 168 valence electrons. The second kappa shape index (κ2) is 9.65. The number of nitrogens with one attached hydrogen (secondary N) is 1. The lowest BCUT2D eigenvalue weighted by molar-refractivity contribution is -0.120. The molecule has 0 saturated heterocycles. The summed E-state index contributed by atoms with van der Waals surface area (Å²) < 4.78 is 16.0. The highest BCUT2D eigenvalue weighted by molar-refractivity contribution is 5.79. The summed E-state index contributed by atoms with van der Waals surface area (Å²) in [6.45, 7) is 2.80. The second-order valence-corrected chi connectivity index (χ2v) is 7.85. The summed E-state index contributed by atoms with van der Waals surface area (Å²) in [6, 6.07) is 19.7. The SMILES string of the molecule is CCCNC(=O)Cc1ccc(-n2c(=O)c3ccccc3n(Cc3ccc(F)cc3)c2=O)cc1. The van der Waals surface area contributed by atoms with Crippen molar-refractivity contribution in [2.24, 2.45) is 0 Å². The molecule has 6 nitrogen and oxygen atoms in total. The van der Waals surface area contributed by atoms with Gasteiger partial charge in [-0.05, 0) is 53.9 Å². The van der Waals surface area contributed by atoms with Gasteiger partial charge in [-0.3, -0.25) is 14.2 Å². The van der Waals surface area contributed by atoms with Crippen molar-refractivity contribution in [3.63, 3.8) is 0 Å². The van der Waals surface area contributed by atoms with Crippen LogP contribution in [-0.2, 0) is 17.8 Å². The Morgan fingerprint density at radius 1 is 0.909 bits per heavy atom. The first-order valence-corrected chi connectivity index (χ1v) is 10.8. The van der Waals surface area contributed by atoms with Crippen LogP contribution in [0.4, 0.5) is 4.39 Å². The number of fused-ring (bicyclic) bond motifs is 1. The molecule has 0 atom stereocenters. The molecule has 4 aromatic rings. The minimum atomic E-state index is -0.489. The van der Waals surface area contributed by atoms with E-state index in [1.165, 1.54) is 16.7 Å². The maximum atomic E-state index is 13.4. The zero-order chi connectivity index (χ0) is 23.4. The fraction of sp³-hybridized carbons (Fsp3) is 0.192. The first-order valence-electron chi connectivity index (χ1n) is 10.8. The number of rotatable bonds is 7. The van der Waals surface area contributed by atoms with E-state index in [4.69, 9.17) is 0 Å². The van der Waals surface area contributed by atoms with Gasteiger partial charge in [0.1, 0.15) is 5.82 Å². The van der Waals surface area contributed by atoms with Crippen LogP contribution >= 0.6 is 0 Å². The van der Waals surface area contributed by atoms with E-state index in [9.17, 15) is 18.8 Å². The smallest absolute Gasteiger partial charge is 0.336 e. The van der Waals surface area contributed by atoms with Gasteiger partial charge in [-0.2, -0.15) is 0 Å². The van der Waals surface area contributed by atoms with E-state index < -0.39 is 11.2 Å². The van der Waals surface area contributed by atoms with Gasteiger partial charge >= 0.3 is 5.69 Å². The van der Waals surface area contributed by atoms with Gasteiger partial charge in [0.25, 0.3) is 5.56 Å². The molecule has 1 aromatic heterocycles. The van der Waals surface area contributed by atoms with Crippen LogP contribution in [0.25, 0.3) is 16.6 Å². The summed E-state index contributed by atoms with van der Waals surface area (Å²) in [5.74, 6) is -0.432. The Hall–Kier alpha value is -4.00. The summed E-state index contributed by atoms with van der Waals surface area (Å²) in [5.41, 5.74) is 1.55. The van der Waals surface area contributed by atoms with E-state index in [0.717, 1.165) is 22.1 Å². The third-order valence-corrected chi connectivity index (χ3v) is 5.44. The average molecular weight is 445 g/mol. The number of nitrogens with zero attached hydrogens (tertiary/aromatic N) is 2. The monoisotopic (exact) mass is 445 g/mol. The Morgan fingerprint density at radius 2 is 1.58 bits per heavy atom. The number of amides is 1. The first-order chi connectivity index (χ1) is 16.0. The molecule has 4 rings (SSSR count). The third-order valence-electron chi connectivity index (χ3n) is 5.44. The molecule has 0 aliphatic rings. The molecule has 0 spiro atoms. The van der Waals surface area contributed by atoms with E-state index in [-0.39, 0.29) is 24.7 Å². The zero-order valence-corrected chi connectivity index (χ0v) is 18.3. The molecule has 1 heterocycles. The standard InChI is InChI=1S/C26H24FN3O3/c1-2-15-28-24(31)16-18-9-13-21(14-10-18)30-25(32)22-5-3-4-6-23(22)29(26(30)33)17-19-7-11-20(27)12-8-19/h3-14H,2,15-17H2,1H3,(H,28,31). The summed E-state index contributed by atoms with van der Waals surface area (Å²) in [5, 5.41) is 3.23. The number of halogens is 1. The molecule has 0 radical (unpaired) electrons. The summed E-state index contributed by atoms with van der Waals surface area (Å²) in [7, 11) is 0. The van der Waals surface area contributed by atoms with Crippen molar-refractivity contribution in [3.05, 3.63) is 111 Å². The Labute approximate surface area is 189 Å². The van der Waals surface area contributed by atoms with Crippen LogP contribution in [0.1, 0.15) is 24.5 Å². The molecule has 0 bridgehead atoms. The van der Waals surface area contributed by atoms with Crippen molar-refractivity contribution in [1.29, 1.82) is 0 Å². The molecular weight excluding hydrogens is 421 g/mol. The quantitative estimate of drug-likeness (QED) is 0.474. The van der Waals surface area contributed by atoms with Crippen LogP contribution in [-0.4, -0.2) is 21.6 Å². The summed E-state index contributed by atoms with van der Waals surface area (Å²) in [4.78, 5) is 38.6. The fourth-order valence-electron chi connectivity index (χ4n) is 3.75. The number of carbonyl (C=O) groups is 1. The van der Waals surface area contributed by atoms with Gasteiger partial charge in [0.2, 0.25) is 5.91 Å². The van der Waals surface area contributed by atoms with Gasteiger partial charge in [0.15, 0.2) is 0 Å². The van der Waals surface area contributed by atoms with E-state index >= 15 is 0 Å². The van der Waals surface area contributed by atoms with Crippen LogP contribution in [0.3, 0.4) is 0 Å². The average Bonchev–Trinajstić information content (AvgIpc) is 2.83. The number of para-hydroxylation sites is 1. The van der Waals surface area contributed by atoms with Gasteiger partial charge in [0, 0.05) is 6.54 Å². The van der Waals surface area contributed by atoms with Crippen LogP contribution in [0.15, 0.2) is 82.4 Å². The number of hydrogen-bond acceptors (Lipinski definition) is 3. The van der Waals surface area contributed by atoms with Crippen LogP contribution < -0.4 is 16.6 Å². The van der Waals surface area contributed by atoms with Crippen molar-refractivity contribution < 1.29 is 9.18 Å². The van der Waals surface area contributed by atoms with Gasteiger partial charge in [-0.1, -0.05) is 43.3 Å². The largest absolute Gasteiger partial charge is 0.356 e. The normalized spacial score (nSPS) is 11.0. The third kappa shape index (κ3) is 4.77. The molecule has 0 aliphatic carbocycles. The number of aromatic nitrogens is 2. The molecule has 33 heavy (non-hydrogen) atoms. The van der Waals surface area contributed by atoms with Crippen LogP contribution in [0.5, 0.6) is 0 Å². The van der Waals surface area contributed by atoms with Crippen LogP contribution in [0, 0.1) is 5.82 Å². The van der Waals surface area contributed by atoms with Gasteiger partial charge in [0.05, 0.1) is 29.6 Å². The molecule has 1 N–H and O–H groups in total. The van der Waals surface area contributed by atoms with E-state index in [1.807, 2.05) is 6.92 Å². The Balaban J connectivity index is 1.76. The van der Waals surface area contributed by atoms with Crippen molar-refractivity contribution in [3.8, 4) is 5.69 Å². The maximum Gasteiger partial charge on any atom is 0.336 e. The fourth-order valence-corrected chi connectivity index (χ4v) is 3.75. The number of benzene rings is 3. The highest BCUT2D eigenvalue weighted by Crippen LogP contribution is 2.13. The molecule has 3 aromatic carbocycles. The lowest BCUT2D eigenvalue weighted by Gasteiger charge is -2.14. The lowest BCUT2D eigenvalue weighted by Crippen LogP contribution is -2.39. The van der Waals surface area contributed by atoms with Gasteiger partial charge in [-0.25, -0.2) is 13.8 Å². The van der Waals surface area contributed by atoms with E-state index in [2.05, 4.69) is 5.32 Å². The number of hydrogen-bond donors (Lipinski definition) is 1. The molecule has 7 heteroatoms. The Bertz CT molecular complexity index is 1400. The molecule has 0 unspecified atom stereocenters. The van der Waals surface area contributed by atoms with Crippen molar-refractivity contribution in [2.45, 2.75) is 26.3 Å². The van der Waals surface area contributed by atoms with Crippen LogP contribution in [0.2, 0.25) is 0 Å². The predicted octanol–water partition coefficient (Wildman–Crippen LogP) is 3.41. The number of carbonyl (C=O) groups excluding carboxylic acids is 1. The van der Waals surface area contributed by atoms with Gasteiger partial charge < -0.3 is 5.32 Å². The minimum absolute atomic E-state index is 0.0749. The second-order valence-electron chi connectivity index (χ2n) is 7.85. The van der Waals surface area contributed by atoms with Gasteiger partial charge in [-0.15, -0.1) is 0 Å². The molecule has 0 fully saturated rings. The summed E-state index contributed by atoms with van der Waals surface area (Å²) in [6.07, 6.45) is 1.08. The Kier molecular flexibility index (Phi) is 6.49. The first kappa shape index (κ1) is 22.2. The molecule has 0 aliphatic heterocycles. The van der Waals surface area contributed by atoms with Crippen molar-refractivity contribution in [2.75, 3.05) is 6.54 Å². The predicted molar refractivity (Wildman–Crippen MR) is 126 cm³/mol. The lowest BCUT2D eigenvalue weighted by atomic mass is 10.1. The van der Waals surface area contributed by atoms with Crippen molar-refractivity contribution >= 4 is 16.8 Å². The molecule has 1 amide bonds. The highest BCUT2D eigenvalue weighted by atomic mass is 19.1. The maximum absolute atomic E-state index is 13.4. The van der Waals surface area contributed by atoms with Crippen molar-refractivity contribution in [1.82, 2.24) is 14.5 Å². The zero-order valence-electron chi connectivity index (χ0n) is 18.3. The molecular formula is C26H24FN3O3. The van der Waals surface area contributed by atoms with E-state index in [1.54, 1.807) is 60.7 Å². The topological polar surface area (TPSA) is 73.1 Å². The highest BCUT2D eigenvalue weighted by Gasteiger charge is 2.15. The molecule has 0 saturated carbocycles. The summed E-state index contributed by atoms with van der Waals surface area (Å²) >= 11 is 0. The van der Waals surface area contributed by atoms with E-state index in [0.29, 0.717) is 23.1 Å². The Morgan fingerprint density at radius 3 is 2.27 bits per heavy atom. The minimum Gasteiger partial charge on any atom is -0.356 e.